The quantitative estimate of drug-likeness (QED) is 0.633. The molecule has 1 aliphatic heterocycles. The molecule has 1 aliphatic rings. The number of halogens is 1. The van der Waals surface area contributed by atoms with Gasteiger partial charge < -0.3 is 12.4 Å². The Hall–Kier alpha value is -0.120. The molecule has 70 valence electrons. The number of benzene rings is 1. The number of hydrogen-bond acceptors (Lipinski definition) is 2. The summed E-state index contributed by atoms with van der Waals surface area (Å²) in [7, 11) is 0. The summed E-state index contributed by atoms with van der Waals surface area (Å²) in [5.41, 5.74) is 2.53. The standard InChI is InChI=1S/C9H9NS2.ClH/c1-7-4-2-3-5-8(7)10-9-11-6-12-9;/h2-5H,6H2,1H3;1H. The van der Waals surface area contributed by atoms with Crippen LogP contribution in [0.1, 0.15) is 5.56 Å². The van der Waals surface area contributed by atoms with Crippen LogP contribution in [0.5, 0.6) is 0 Å². The van der Waals surface area contributed by atoms with Crippen molar-refractivity contribution in [3.63, 3.8) is 0 Å². The smallest absolute Gasteiger partial charge is 0.275 e. The largest absolute Gasteiger partial charge is 1.00 e. The van der Waals surface area contributed by atoms with Crippen LogP contribution in [-0.4, -0.2) is 9.46 Å². The van der Waals surface area contributed by atoms with Gasteiger partial charge in [-0.1, -0.05) is 18.2 Å². The Labute approximate surface area is 92.8 Å². The Morgan fingerprint density at radius 1 is 1.23 bits per heavy atom. The van der Waals surface area contributed by atoms with Crippen LogP contribution in [0, 0.1) is 6.92 Å². The first-order chi connectivity index (χ1) is 5.86. The molecule has 1 N–H and O–H groups in total. The molecule has 4 heteroatoms. The van der Waals surface area contributed by atoms with Crippen LogP contribution in [0.3, 0.4) is 0 Å². The average molecular weight is 232 g/mol. The fourth-order valence-corrected chi connectivity index (χ4v) is 2.32. The highest BCUT2D eigenvalue weighted by atomic mass is 35.5. The van der Waals surface area contributed by atoms with Gasteiger partial charge in [-0.05, 0) is 30.4 Å². The lowest BCUT2D eigenvalue weighted by atomic mass is 10.2. The molecular weight excluding hydrogens is 222 g/mol. The molecule has 1 saturated heterocycles. The van der Waals surface area contributed by atoms with Gasteiger partial charge in [-0.3, -0.25) is 0 Å². The first-order valence-corrected chi connectivity index (χ1v) is 5.78. The van der Waals surface area contributed by atoms with E-state index in [-0.39, 0.29) is 12.4 Å². The Morgan fingerprint density at radius 3 is 2.46 bits per heavy atom. The van der Waals surface area contributed by atoms with Crippen molar-refractivity contribution in [2.24, 2.45) is 0 Å². The summed E-state index contributed by atoms with van der Waals surface area (Å²) in [4.78, 5) is 3.39. The van der Waals surface area contributed by atoms with Gasteiger partial charge in [0, 0.05) is 11.6 Å². The van der Waals surface area contributed by atoms with Gasteiger partial charge in [0.25, 0.3) is 4.38 Å². The van der Waals surface area contributed by atoms with E-state index in [9.17, 15) is 0 Å². The number of hydrogen-bond donors (Lipinski definition) is 1. The van der Waals surface area contributed by atoms with Crippen molar-refractivity contribution in [1.82, 2.24) is 0 Å². The minimum Gasteiger partial charge on any atom is -1.00 e. The maximum atomic E-state index is 3.39. The summed E-state index contributed by atoms with van der Waals surface area (Å²) in [5, 5.41) is 1.19. The maximum absolute atomic E-state index is 3.39. The molecule has 0 bridgehead atoms. The van der Waals surface area contributed by atoms with E-state index in [2.05, 4.69) is 36.2 Å². The minimum absolute atomic E-state index is 0. The minimum atomic E-state index is 0. The second-order valence-corrected chi connectivity index (χ2v) is 5.23. The topological polar surface area (TPSA) is 14.0 Å². The first-order valence-electron chi connectivity index (χ1n) is 3.81. The van der Waals surface area contributed by atoms with Crippen LogP contribution in [0.25, 0.3) is 0 Å². The summed E-state index contributed by atoms with van der Waals surface area (Å²) in [6.45, 7) is 2.12. The second-order valence-electron chi connectivity index (χ2n) is 2.63. The number of thioether (sulfide) groups is 2. The molecule has 2 rings (SSSR count). The molecule has 1 heterocycles. The van der Waals surface area contributed by atoms with Crippen molar-refractivity contribution in [3.05, 3.63) is 29.8 Å². The van der Waals surface area contributed by atoms with Gasteiger partial charge in [0.2, 0.25) is 5.69 Å². The summed E-state index contributed by atoms with van der Waals surface area (Å²) >= 11 is 3.75. The van der Waals surface area contributed by atoms with Crippen molar-refractivity contribution in [1.29, 1.82) is 0 Å². The van der Waals surface area contributed by atoms with Gasteiger partial charge in [0.1, 0.15) is 0 Å². The summed E-state index contributed by atoms with van der Waals surface area (Å²) < 4.78 is 1.32. The van der Waals surface area contributed by atoms with E-state index in [0.29, 0.717) is 0 Å². The zero-order valence-electron chi connectivity index (χ0n) is 7.21. The third-order valence-corrected chi connectivity index (χ3v) is 4.14. The highest BCUT2D eigenvalue weighted by Gasteiger charge is 2.19. The molecule has 1 aromatic carbocycles. The second kappa shape index (κ2) is 4.94. The van der Waals surface area contributed by atoms with Crippen LogP contribution in [0.15, 0.2) is 24.3 Å². The molecule has 1 aromatic rings. The molecule has 13 heavy (non-hydrogen) atoms. The molecular formula is C9H10ClNS2. The van der Waals surface area contributed by atoms with E-state index in [4.69, 9.17) is 0 Å². The molecule has 0 atom stereocenters. The fourth-order valence-electron chi connectivity index (χ4n) is 1.01. The highest BCUT2D eigenvalue weighted by molar-refractivity contribution is 8.52. The zero-order chi connectivity index (χ0) is 8.39. The molecule has 1 fully saturated rings. The molecule has 0 amide bonds. The van der Waals surface area contributed by atoms with Gasteiger partial charge in [0.05, 0.1) is 5.08 Å². The first kappa shape index (κ1) is 11.0. The van der Waals surface area contributed by atoms with Gasteiger partial charge >= 0.3 is 0 Å². The van der Waals surface area contributed by atoms with Gasteiger partial charge in [0.15, 0.2) is 0 Å². The summed E-state index contributed by atoms with van der Waals surface area (Å²) in [6, 6.07) is 8.36. The number of nitrogens with one attached hydrogen (secondary N) is 1. The van der Waals surface area contributed by atoms with E-state index >= 15 is 0 Å². The SMILES string of the molecule is Cc1ccccc1[NH+]=C1SCS1.[Cl-]. The predicted octanol–water partition coefficient (Wildman–Crippen LogP) is -1.50. The Kier molecular flexibility index (Phi) is 4.16. The third kappa shape index (κ3) is 2.66. The average Bonchev–Trinajstić information content (AvgIpc) is 2.00. The van der Waals surface area contributed by atoms with E-state index in [1.165, 1.54) is 20.7 Å². The zero-order valence-corrected chi connectivity index (χ0v) is 9.60. The molecule has 0 aromatic heterocycles. The van der Waals surface area contributed by atoms with Crippen molar-refractivity contribution in [2.75, 3.05) is 5.08 Å². The van der Waals surface area contributed by atoms with Crippen LogP contribution >= 0.6 is 23.5 Å². The van der Waals surface area contributed by atoms with Gasteiger partial charge in [-0.25, -0.2) is 0 Å². The van der Waals surface area contributed by atoms with Crippen LogP contribution in [-0.2, 0) is 0 Å². The van der Waals surface area contributed by atoms with Gasteiger partial charge in [-0.2, -0.15) is 4.99 Å². The molecule has 0 aliphatic carbocycles. The fraction of sp³-hybridized carbons (Fsp3) is 0.222. The molecule has 1 nitrogen and oxygen atoms in total. The van der Waals surface area contributed by atoms with E-state index < -0.39 is 0 Å². The normalized spacial score (nSPS) is 14.4. The lowest BCUT2D eigenvalue weighted by Gasteiger charge is -2.06. The lowest BCUT2D eigenvalue weighted by molar-refractivity contribution is -0.347. The van der Waals surface area contributed by atoms with Crippen molar-refractivity contribution in [2.45, 2.75) is 6.92 Å². The van der Waals surface area contributed by atoms with Crippen LogP contribution < -0.4 is 17.4 Å². The summed E-state index contributed by atoms with van der Waals surface area (Å²) in [6.07, 6.45) is 0. The molecule has 0 saturated carbocycles. The number of rotatable bonds is 1. The molecule has 0 unspecified atom stereocenters. The summed E-state index contributed by atoms with van der Waals surface area (Å²) in [5.74, 6) is 0. The third-order valence-electron chi connectivity index (χ3n) is 1.76. The number of aryl methyl sites for hydroxylation is 1. The highest BCUT2D eigenvalue weighted by Crippen LogP contribution is 2.29. The van der Waals surface area contributed by atoms with Crippen molar-refractivity contribution < 1.29 is 17.4 Å². The van der Waals surface area contributed by atoms with Crippen molar-refractivity contribution in [3.8, 4) is 0 Å². The van der Waals surface area contributed by atoms with E-state index in [1.807, 2.05) is 23.5 Å². The van der Waals surface area contributed by atoms with E-state index in [0.717, 1.165) is 0 Å². The number of para-hydroxylation sites is 1. The van der Waals surface area contributed by atoms with Crippen molar-refractivity contribution >= 4 is 33.6 Å². The predicted molar refractivity (Wildman–Crippen MR) is 56.9 cm³/mol. The Morgan fingerprint density at radius 2 is 1.92 bits per heavy atom. The molecule has 0 radical (unpaired) electrons. The van der Waals surface area contributed by atoms with Crippen LogP contribution in [0.2, 0.25) is 0 Å². The maximum Gasteiger partial charge on any atom is 0.275 e. The Bertz CT molecular complexity index is 319. The Balaban J connectivity index is 0.000000845. The molecule has 0 spiro atoms. The monoisotopic (exact) mass is 231 g/mol. The van der Waals surface area contributed by atoms with Crippen LogP contribution in [0.4, 0.5) is 5.69 Å². The van der Waals surface area contributed by atoms with E-state index in [1.54, 1.807) is 0 Å². The lowest BCUT2D eigenvalue weighted by Crippen LogP contribution is -3.00. The van der Waals surface area contributed by atoms with Gasteiger partial charge in [-0.15, -0.1) is 0 Å².